The van der Waals surface area contributed by atoms with E-state index >= 15 is 0 Å². The van der Waals surface area contributed by atoms with Crippen molar-refractivity contribution in [2.45, 2.75) is 39.7 Å². The van der Waals surface area contributed by atoms with Crippen LogP contribution in [0.2, 0.25) is 0 Å². The molecule has 134 valence electrons. The molecule has 0 atom stereocenters. The van der Waals surface area contributed by atoms with E-state index in [4.69, 9.17) is 0 Å². The van der Waals surface area contributed by atoms with Crippen LogP contribution in [-0.4, -0.2) is 9.13 Å². The van der Waals surface area contributed by atoms with Gasteiger partial charge in [0.1, 0.15) is 0 Å². The van der Waals surface area contributed by atoms with Crippen molar-refractivity contribution in [3.63, 3.8) is 0 Å². The Morgan fingerprint density at radius 1 is 0.885 bits per heavy atom. The van der Waals surface area contributed by atoms with Gasteiger partial charge in [0, 0.05) is 11.8 Å². The Kier molecular flexibility index (Phi) is 4.68. The van der Waals surface area contributed by atoms with Crippen molar-refractivity contribution in [1.82, 2.24) is 9.13 Å². The summed E-state index contributed by atoms with van der Waals surface area (Å²) in [4.78, 5) is 25.5. The van der Waals surface area contributed by atoms with Crippen molar-refractivity contribution in [3.8, 4) is 5.69 Å². The fraction of sp³-hybridized carbons (Fsp3) is 0.273. The monoisotopic (exact) mass is 348 g/mol. The van der Waals surface area contributed by atoms with Crippen molar-refractivity contribution in [2.24, 2.45) is 0 Å². The predicted octanol–water partition coefficient (Wildman–Crippen LogP) is 3.65. The topological polar surface area (TPSA) is 44.0 Å². The maximum absolute atomic E-state index is 12.9. The summed E-state index contributed by atoms with van der Waals surface area (Å²) < 4.78 is 2.83. The molecule has 0 aliphatic carbocycles. The summed E-state index contributed by atoms with van der Waals surface area (Å²) >= 11 is 0. The molecule has 1 aromatic heterocycles. The summed E-state index contributed by atoms with van der Waals surface area (Å²) in [5.74, 6) is 0. The molecule has 0 saturated heterocycles. The van der Waals surface area contributed by atoms with Crippen LogP contribution in [-0.2, 0) is 12.0 Å². The van der Waals surface area contributed by atoms with E-state index in [2.05, 4.69) is 32.9 Å². The number of hydrogen-bond donors (Lipinski definition) is 0. The molecule has 0 saturated carbocycles. The molecule has 0 radical (unpaired) electrons. The lowest BCUT2D eigenvalue weighted by atomic mass is 9.87. The summed E-state index contributed by atoms with van der Waals surface area (Å²) in [6.45, 7) is 8.47. The van der Waals surface area contributed by atoms with Gasteiger partial charge in [-0.2, -0.15) is 0 Å². The van der Waals surface area contributed by atoms with Gasteiger partial charge in [0.15, 0.2) is 0 Å². The number of aromatic nitrogens is 2. The van der Waals surface area contributed by atoms with Gasteiger partial charge in [-0.25, -0.2) is 4.79 Å². The quantitative estimate of drug-likeness (QED) is 0.725. The minimum absolute atomic E-state index is 0.0682. The maximum Gasteiger partial charge on any atom is 0.335 e. The second kappa shape index (κ2) is 6.79. The van der Waals surface area contributed by atoms with E-state index in [1.165, 1.54) is 14.7 Å². The Hall–Kier alpha value is -2.88. The van der Waals surface area contributed by atoms with Crippen LogP contribution >= 0.6 is 0 Å². The van der Waals surface area contributed by atoms with Crippen molar-refractivity contribution in [1.29, 1.82) is 0 Å². The summed E-state index contributed by atoms with van der Waals surface area (Å²) in [6, 6.07) is 17.5. The van der Waals surface area contributed by atoms with Crippen molar-refractivity contribution in [2.75, 3.05) is 0 Å². The third-order valence-electron chi connectivity index (χ3n) is 4.54. The molecule has 3 aromatic rings. The molecule has 0 fully saturated rings. The van der Waals surface area contributed by atoms with Gasteiger partial charge in [0.25, 0.3) is 5.56 Å². The first kappa shape index (κ1) is 17.9. The zero-order chi connectivity index (χ0) is 18.9. The molecule has 0 N–H and O–H groups in total. The van der Waals surface area contributed by atoms with Gasteiger partial charge < -0.3 is 0 Å². The minimum atomic E-state index is -0.327. The Morgan fingerprint density at radius 3 is 2.08 bits per heavy atom. The summed E-state index contributed by atoms with van der Waals surface area (Å²) in [5.41, 5.74) is 2.94. The Bertz CT molecular complexity index is 1020. The Labute approximate surface area is 153 Å². The molecule has 0 bridgehead atoms. The highest BCUT2D eigenvalue weighted by atomic mass is 16.2. The smallest absolute Gasteiger partial charge is 0.269 e. The van der Waals surface area contributed by atoms with Crippen LogP contribution in [0.5, 0.6) is 0 Å². The van der Waals surface area contributed by atoms with Gasteiger partial charge in [-0.15, -0.1) is 0 Å². The average Bonchev–Trinajstić information content (AvgIpc) is 2.62. The Balaban J connectivity index is 2.04. The highest BCUT2D eigenvalue weighted by Crippen LogP contribution is 2.22. The van der Waals surface area contributed by atoms with Gasteiger partial charge in [-0.05, 0) is 35.6 Å². The van der Waals surface area contributed by atoms with E-state index < -0.39 is 0 Å². The SMILES string of the molecule is Cc1cn(-c2ccccc2)c(=O)n(Cc2ccc(C(C)(C)C)cc2)c1=O. The van der Waals surface area contributed by atoms with Gasteiger partial charge in [0.05, 0.1) is 12.2 Å². The van der Waals surface area contributed by atoms with Crippen molar-refractivity contribution >= 4 is 0 Å². The summed E-state index contributed by atoms with van der Waals surface area (Å²) in [7, 11) is 0. The normalized spacial score (nSPS) is 11.5. The summed E-state index contributed by atoms with van der Waals surface area (Å²) in [5, 5.41) is 0. The molecule has 4 nitrogen and oxygen atoms in total. The first-order valence-electron chi connectivity index (χ1n) is 8.75. The van der Waals surface area contributed by atoms with Crippen molar-refractivity contribution < 1.29 is 0 Å². The third kappa shape index (κ3) is 3.54. The first-order chi connectivity index (χ1) is 12.3. The second-order valence-corrected chi connectivity index (χ2v) is 7.64. The number of nitrogens with zero attached hydrogens (tertiary/aromatic N) is 2. The standard InChI is InChI=1S/C22H24N2O2/c1-16-14-23(19-8-6-5-7-9-19)21(26)24(20(16)25)15-17-10-12-18(13-11-17)22(2,3)4/h5-14H,15H2,1-4H3. The molecule has 3 rings (SSSR count). The molecule has 4 heteroatoms. The lowest BCUT2D eigenvalue weighted by Gasteiger charge is -2.19. The molecular formula is C22H24N2O2. The molecule has 0 aliphatic rings. The van der Waals surface area contributed by atoms with Crippen LogP contribution in [0.4, 0.5) is 0 Å². The number of benzene rings is 2. The van der Waals surface area contributed by atoms with Gasteiger partial charge >= 0.3 is 5.69 Å². The largest absolute Gasteiger partial charge is 0.335 e. The molecule has 26 heavy (non-hydrogen) atoms. The molecule has 1 heterocycles. The molecule has 0 amide bonds. The molecule has 0 aliphatic heterocycles. The van der Waals surface area contributed by atoms with Crippen LogP contribution in [0.25, 0.3) is 5.69 Å². The molecule has 2 aromatic carbocycles. The van der Waals surface area contributed by atoms with E-state index in [-0.39, 0.29) is 23.2 Å². The number of hydrogen-bond acceptors (Lipinski definition) is 2. The average molecular weight is 348 g/mol. The minimum Gasteiger partial charge on any atom is -0.269 e. The van der Waals surface area contributed by atoms with Crippen LogP contribution in [0.1, 0.15) is 37.5 Å². The highest BCUT2D eigenvalue weighted by molar-refractivity contribution is 5.32. The lowest BCUT2D eigenvalue weighted by Crippen LogP contribution is -2.40. The zero-order valence-electron chi connectivity index (χ0n) is 15.7. The lowest BCUT2D eigenvalue weighted by molar-refractivity contribution is 0.589. The third-order valence-corrected chi connectivity index (χ3v) is 4.54. The predicted molar refractivity (Wildman–Crippen MR) is 105 cm³/mol. The zero-order valence-corrected chi connectivity index (χ0v) is 15.7. The first-order valence-corrected chi connectivity index (χ1v) is 8.75. The van der Waals surface area contributed by atoms with E-state index in [9.17, 15) is 9.59 Å². The van der Waals surface area contributed by atoms with E-state index in [1.54, 1.807) is 13.1 Å². The van der Waals surface area contributed by atoms with Crippen LogP contribution < -0.4 is 11.2 Å². The van der Waals surface area contributed by atoms with Crippen LogP contribution in [0.3, 0.4) is 0 Å². The highest BCUT2D eigenvalue weighted by Gasteiger charge is 2.14. The summed E-state index contributed by atoms with van der Waals surface area (Å²) in [6.07, 6.45) is 1.61. The molecular weight excluding hydrogens is 324 g/mol. The fourth-order valence-corrected chi connectivity index (χ4v) is 2.94. The van der Waals surface area contributed by atoms with E-state index in [1.807, 2.05) is 42.5 Å². The molecule has 0 spiro atoms. The van der Waals surface area contributed by atoms with Gasteiger partial charge in [-0.3, -0.25) is 13.9 Å². The molecule has 0 unspecified atom stereocenters. The van der Waals surface area contributed by atoms with Crippen molar-refractivity contribution in [3.05, 3.63) is 98.3 Å². The number of para-hydroxylation sites is 1. The van der Waals surface area contributed by atoms with Crippen LogP contribution in [0, 0.1) is 6.92 Å². The van der Waals surface area contributed by atoms with Gasteiger partial charge in [0.2, 0.25) is 0 Å². The van der Waals surface area contributed by atoms with Crippen LogP contribution in [0.15, 0.2) is 70.4 Å². The fourth-order valence-electron chi connectivity index (χ4n) is 2.94. The van der Waals surface area contributed by atoms with E-state index in [0.717, 1.165) is 11.3 Å². The van der Waals surface area contributed by atoms with Gasteiger partial charge in [-0.1, -0.05) is 63.2 Å². The second-order valence-electron chi connectivity index (χ2n) is 7.64. The maximum atomic E-state index is 12.9. The Morgan fingerprint density at radius 2 is 1.50 bits per heavy atom. The number of aryl methyl sites for hydroxylation is 1. The number of rotatable bonds is 3. The van der Waals surface area contributed by atoms with E-state index in [0.29, 0.717) is 5.56 Å².